The maximum atomic E-state index is 13.9. The number of rotatable bonds is 13. The molecule has 3 N–H and O–H groups in total. The van der Waals surface area contributed by atoms with E-state index in [1.165, 1.54) is 12.1 Å². The van der Waals surface area contributed by atoms with Crippen molar-refractivity contribution in [3.05, 3.63) is 71.8 Å². The fourth-order valence-corrected chi connectivity index (χ4v) is 5.19. The van der Waals surface area contributed by atoms with Gasteiger partial charge in [-0.15, -0.1) is 0 Å². The Balaban J connectivity index is 0.00000533. The number of aliphatic hydroxyl groups excluding tert-OH is 2. The molecule has 2 atom stereocenters. The molecule has 3 aromatic rings. The number of carboxylic acid groups (broad SMARTS) is 1. The first kappa shape index (κ1) is 33.2. The summed E-state index contributed by atoms with van der Waals surface area (Å²) >= 11 is 0. The summed E-state index contributed by atoms with van der Waals surface area (Å²) in [6, 6.07) is 15.4. The maximum absolute atomic E-state index is 13.9. The number of carbonyl (C=O) groups is 1. The van der Waals surface area contributed by atoms with E-state index < -0.39 is 40.4 Å². The van der Waals surface area contributed by atoms with Crippen molar-refractivity contribution in [1.82, 2.24) is 9.29 Å². The number of hydrogen-bond acceptors (Lipinski definition) is 6. The Labute approximate surface area is 251 Å². The van der Waals surface area contributed by atoms with Gasteiger partial charge in [0.25, 0.3) is 0 Å². The molecule has 0 aliphatic heterocycles. The van der Waals surface area contributed by atoms with Gasteiger partial charge in [0.05, 0.1) is 25.0 Å². The fraction of sp³-hybridized carbons (Fsp3) is 0.393. The zero-order valence-corrected chi connectivity index (χ0v) is 25.5. The van der Waals surface area contributed by atoms with Crippen molar-refractivity contribution in [2.24, 2.45) is 0 Å². The van der Waals surface area contributed by atoms with E-state index in [4.69, 9.17) is 0 Å². The van der Waals surface area contributed by atoms with Crippen molar-refractivity contribution in [3.63, 3.8) is 0 Å². The number of halogens is 1. The molecule has 0 saturated carbocycles. The van der Waals surface area contributed by atoms with Crippen LogP contribution in [0.1, 0.15) is 50.5 Å². The number of aliphatic hydroxyl groups is 2. The number of carbonyl (C=O) groups excluding carboxylic acids is 1. The number of nitrogens with one attached hydrogen (secondary N) is 1. The Kier molecular flexibility index (Phi) is 12.4. The maximum Gasteiger partial charge on any atom is 1.00 e. The molecule has 0 bridgehead atoms. The number of nitrogens with zero attached hydrogens (tertiary/aromatic N) is 1. The molecule has 0 radical (unpaired) electrons. The average Bonchev–Trinajstić information content (AvgIpc) is 3.16. The van der Waals surface area contributed by atoms with Crippen molar-refractivity contribution in [1.29, 1.82) is 0 Å². The van der Waals surface area contributed by atoms with Gasteiger partial charge in [0.1, 0.15) is 5.82 Å². The van der Waals surface area contributed by atoms with Crippen LogP contribution in [0.15, 0.2) is 54.6 Å². The van der Waals surface area contributed by atoms with Crippen LogP contribution in [0.2, 0.25) is 0 Å². The average molecular weight is 569 g/mol. The van der Waals surface area contributed by atoms with E-state index in [2.05, 4.69) is 4.72 Å². The van der Waals surface area contributed by atoms with E-state index in [-0.39, 0.29) is 55.0 Å². The van der Waals surface area contributed by atoms with Crippen LogP contribution < -0.4 is 39.4 Å². The molecule has 0 unspecified atom stereocenters. The van der Waals surface area contributed by atoms with Gasteiger partial charge in [-0.2, -0.15) is 0 Å². The molecule has 39 heavy (non-hydrogen) atoms. The normalized spacial score (nSPS) is 13.2. The van der Waals surface area contributed by atoms with Gasteiger partial charge in [0.15, 0.2) is 0 Å². The van der Waals surface area contributed by atoms with Crippen LogP contribution in [0.25, 0.3) is 22.3 Å². The Morgan fingerprint density at radius 1 is 0.974 bits per heavy atom. The third kappa shape index (κ3) is 9.24. The first-order valence-corrected chi connectivity index (χ1v) is 14.3. The first-order valence-electron chi connectivity index (χ1n) is 12.4. The minimum absolute atomic E-state index is 0. The van der Waals surface area contributed by atoms with Crippen LogP contribution >= 0.6 is 0 Å². The van der Waals surface area contributed by atoms with Crippen molar-refractivity contribution < 1.29 is 62.5 Å². The second-order valence-corrected chi connectivity index (χ2v) is 11.6. The second kappa shape index (κ2) is 14.5. The smallest absolute Gasteiger partial charge is 0.550 e. The SMILES string of the molecule is CC(C)n1c(CC[C@@H](O)C[C@@H](O)CC(=O)[O-])c(-c2ccc(F)cc2)c(-c2ccccc2)c1CNS(C)(=O)=O.[Na+]. The molecular formula is C28H34FN2NaO6S. The molecule has 0 fully saturated rings. The molecular weight excluding hydrogens is 534 g/mol. The zero-order chi connectivity index (χ0) is 28.0. The molecule has 206 valence electrons. The van der Waals surface area contributed by atoms with Crippen molar-refractivity contribution in [2.75, 3.05) is 6.26 Å². The summed E-state index contributed by atoms with van der Waals surface area (Å²) in [5, 5.41) is 31.3. The summed E-state index contributed by atoms with van der Waals surface area (Å²) in [6.07, 6.45) is -1.29. The molecule has 1 aromatic heterocycles. The molecule has 0 spiro atoms. The second-order valence-electron chi connectivity index (χ2n) is 9.73. The molecule has 8 nitrogen and oxygen atoms in total. The molecule has 0 saturated heterocycles. The van der Waals surface area contributed by atoms with Gasteiger partial charge in [-0.3, -0.25) is 0 Å². The topological polar surface area (TPSA) is 132 Å². The number of sulfonamides is 1. The quantitative estimate of drug-likeness (QED) is 0.245. The van der Waals surface area contributed by atoms with E-state index in [1.54, 1.807) is 12.1 Å². The van der Waals surface area contributed by atoms with Crippen LogP contribution in [0.4, 0.5) is 4.39 Å². The molecule has 1 heterocycles. The number of carboxylic acids is 1. The summed E-state index contributed by atoms with van der Waals surface area (Å²) in [7, 11) is -3.52. The molecule has 0 amide bonds. The van der Waals surface area contributed by atoms with E-state index in [0.717, 1.165) is 39.9 Å². The molecule has 2 aromatic carbocycles. The minimum Gasteiger partial charge on any atom is -0.550 e. The minimum atomic E-state index is -3.52. The third-order valence-electron chi connectivity index (χ3n) is 6.28. The zero-order valence-electron chi connectivity index (χ0n) is 22.7. The van der Waals surface area contributed by atoms with Gasteiger partial charge in [-0.05, 0) is 56.4 Å². The summed E-state index contributed by atoms with van der Waals surface area (Å²) in [5.74, 6) is -1.79. The van der Waals surface area contributed by atoms with Gasteiger partial charge < -0.3 is 24.7 Å². The standard InChI is InChI=1S/C28H35FN2O6S.Na/c1-18(2)31-24(14-13-22(32)15-23(33)16-26(34)35)27(20-9-11-21(29)12-10-20)28(19-7-5-4-6-8-19)25(31)17-30-38(3,36)37;/h4-12,18,22-23,30,32-33H,13-17H2,1-3H3,(H,34,35);/q;+1/p-1/t22-,23-;/m1./s1. The molecule has 11 heteroatoms. The van der Waals surface area contributed by atoms with Crippen LogP contribution in [0.5, 0.6) is 0 Å². The van der Waals surface area contributed by atoms with Gasteiger partial charge >= 0.3 is 29.6 Å². The largest absolute Gasteiger partial charge is 1.00 e. The van der Waals surface area contributed by atoms with E-state index in [0.29, 0.717) is 6.42 Å². The predicted octanol–water partition coefficient (Wildman–Crippen LogP) is -0.220. The van der Waals surface area contributed by atoms with Crippen molar-refractivity contribution in [2.45, 2.75) is 64.3 Å². The number of hydrogen-bond donors (Lipinski definition) is 3. The van der Waals surface area contributed by atoms with E-state index in [1.807, 2.05) is 48.7 Å². The van der Waals surface area contributed by atoms with Crippen LogP contribution in [-0.2, 0) is 27.8 Å². The van der Waals surface area contributed by atoms with E-state index >= 15 is 0 Å². The summed E-state index contributed by atoms with van der Waals surface area (Å²) in [6.45, 7) is 3.95. The fourth-order valence-electron chi connectivity index (χ4n) is 4.79. The molecule has 0 aliphatic rings. The predicted molar refractivity (Wildman–Crippen MR) is 142 cm³/mol. The van der Waals surface area contributed by atoms with Gasteiger partial charge in [-0.25, -0.2) is 17.5 Å². The van der Waals surface area contributed by atoms with Crippen LogP contribution in [0.3, 0.4) is 0 Å². The molecule has 0 aliphatic carbocycles. The number of aromatic nitrogens is 1. The van der Waals surface area contributed by atoms with E-state index in [9.17, 15) is 32.9 Å². The third-order valence-corrected chi connectivity index (χ3v) is 6.95. The Morgan fingerprint density at radius 2 is 1.54 bits per heavy atom. The first-order chi connectivity index (χ1) is 17.9. The molecule has 3 rings (SSSR count). The summed E-state index contributed by atoms with van der Waals surface area (Å²) in [5.41, 5.74) is 4.69. The van der Waals surface area contributed by atoms with Crippen molar-refractivity contribution >= 4 is 16.0 Å². The monoisotopic (exact) mass is 568 g/mol. The van der Waals surface area contributed by atoms with Gasteiger partial charge in [0.2, 0.25) is 10.0 Å². The summed E-state index contributed by atoms with van der Waals surface area (Å²) < 4.78 is 42.6. The summed E-state index contributed by atoms with van der Waals surface area (Å²) in [4.78, 5) is 10.8. The van der Waals surface area contributed by atoms with Gasteiger partial charge in [-0.1, -0.05) is 42.5 Å². The van der Waals surface area contributed by atoms with Gasteiger partial charge in [0, 0.05) is 40.9 Å². The van der Waals surface area contributed by atoms with Crippen molar-refractivity contribution in [3.8, 4) is 22.3 Å². The Bertz CT molecular complexity index is 1340. The number of benzene rings is 2. The number of aliphatic carboxylic acids is 1. The Morgan fingerprint density at radius 3 is 2.08 bits per heavy atom. The van der Waals surface area contributed by atoms with Crippen LogP contribution in [0, 0.1) is 5.82 Å². The Hall–Kier alpha value is -2.05. The van der Waals surface area contributed by atoms with Crippen LogP contribution in [-0.4, -0.2) is 47.6 Å².